The normalized spacial score (nSPS) is 14.2. The Hall–Kier alpha value is -3.40. The van der Waals surface area contributed by atoms with Crippen molar-refractivity contribution in [2.75, 3.05) is 22.8 Å². The lowest BCUT2D eigenvalue weighted by molar-refractivity contribution is -0.145. The Morgan fingerprint density at radius 1 is 1.17 bits per heavy atom. The van der Waals surface area contributed by atoms with E-state index in [1.165, 1.54) is 10.7 Å². The summed E-state index contributed by atoms with van der Waals surface area (Å²) in [5.41, 5.74) is 1.15. The molecule has 150 valence electrons. The van der Waals surface area contributed by atoms with Gasteiger partial charge in [-0.05, 0) is 24.4 Å². The van der Waals surface area contributed by atoms with Crippen molar-refractivity contribution in [1.29, 1.82) is 0 Å². The molecule has 29 heavy (non-hydrogen) atoms. The predicted molar refractivity (Wildman–Crippen MR) is 106 cm³/mol. The fourth-order valence-electron chi connectivity index (χ4n) is 3.34. The van der Waals surface area contributed by atoms with Crippen LogP contribution in [0.4, 0.5) is 11.5 Å². The predicted octanol–water partition coefficient (Wildman–Crippen LogP) is 1.57. The number of hydrogen-bond donors (Lipinski definition) is 1. The number of sulfonamides is 1. The standard InChI is InChI=1S/C19H18N4O5S/c1-12-9-16(22(2)21-12)20-17(24)11-28-18(25)10-23-14-7-3-5-13-6-4-8-15(19(13)14)29(23,26)27/h3-9H,10-11H2,1-2H3,(H,20,24). The average molecular weight is 414 g/mol. The quantitative estimate of drug-likeness (QED) is 0.635. The monoisotopic (exact) mass is 414 g/mol. The highest BCUT2D eigenvalue weighted by Crippen LogP contribution is 2.41. The number of nitrogens with one attached hydrogen (secondary N) is 1. The highest BCUT2D eigenvalue weighted by molar-refractivity contribution is 7.93. The summed E-state index contributed by atoms with van der Waals surface area (Å²) in [6.45, 7) is 0.729. The summed E-state index contributed by atoms with van der Waals surface area (Å²) >= 11 is 0. The Bertz CT molecular complexity index is 1240. The summed E-state index contributed by atoms with van der Waals surface area (Å²) in [4.78, 5) is 24.4. The van der Waals surface area contributed by atoms with Crippen LogP contribution in [0.2, 0.25) is 0 Å². The van der Waals surface area contributed by atoms with Crippen LogP contribution in [0.3, 0.4) is 0 Å². The molecule has 0 radical (unpaired) electrons. The Balaban J connectivity index is 1.45. The number of amides is 1. The van der Waals surface area contributed by atoms with Gasteiger partial charge in [0.25, 0.3) is 15.9 Å². The van der Waals surface area contributed by atoms with Gasteiger partial charge in [-0.3, -0.25) is 18.6 Å². The Labute approximate surface area is 166 Å². The van der Waals surface area contributed by atoms with Crippen LogP contribution in [0.15, 0.2) is 47.4 Å². The van der Waals surface area contributed by atoms with E-state index in [2.05, 4.69) is 10.4 Å². The summed E-state index contributed by atoms with van der Waals surface area (Å²) in [7, 11) is -2.19. The molecule has 0 atom stereocenters. The second kappa shape index (κ2) is 6.89. The Morgan fingerprint density at radius 2 is 1.90 bits per heavy atom. The van der Waals surface area contributed by atoms with Gasteiger partial charge in [0.2, 0.25) is 0 Å². The molecule has 1 aliphatic rings. The first-order chi connectivity index (χ1) is 13.8. The van der Waals surface area contributed by atoms with Gasteiger partial charge in [-0.25, -0.2) is 8.42 Å². The van der Waals surface area contributed by atoms with E-state index in [4.69, 9.17) is 4.74 Å². The van der Waals surface area contributed by atoms with E-state index >= 15 is 0 Å². The number of aromatic nitrogens is 2. The van der Waals surface area contributed by atoms with Crippen molar-refractivity contribution < 1.29 is 22.7 Å². The van der Waals surface area contributed by atoms with Gasteiger partial charge < -0.3 is 10.1 Å². The molecular weight excluding hydrogens is 396 g/mol. The third-order valence-electron chi connectivity index (χ3n) is 4.59. The second-order valence-electron chi connectivity index (χ2n) is 6.65. The van der Waals surface area contributed by atoms with Gasteiger partial charge in [0.05, 0.1) is 16.3 Å². The first kappa shape index (κ1) is 18.9. The van der Waals surface area contributed by atoms with Crippen molar-refractivity contribution in [3.05, 3.63) is 48.2 Å². The minimum absolute atomic E-state index is 0.155. The third-order valence-corrected chi connectivity index (χ3v) is 6.39. The molecule has 4 rings (SSSR count). The van der Waals surface area contributed by atoms with E-state index < -0.39 is 35.1 Å². The highest BCUT2D eigenvalue weighted by atomic mass is 32.2. The van der Waals surface area contributed by atoms with Crippen molar-refractivity contribution in [1.82, 2.24) is 9.78 Å². The van der Waals surface area contributed by atoms with Crippen LogP contribution in [-0.4, -0.2) is 43.2 Å². The molecule has 3 aromatic rings. The number of anilines is 2. The Kier molecular flexibility index (Phi) is 4.50. The van der Waals surface area contributed by atoms with E-state index in [1.54, 1.807) is 38.2 Å². The summed E-state index contributed by atoms with van der Waals surface area (Å²) < 4.78 is 33.2. The summed E-state index contributed by atoms with van der Waals surface area (Å²) in [5.74, 6) is -0.904. The lowest BCUT2D eigenvalue weighted by atomic mass is 10.1. The first-order valence-electron chi connectivity index (χ1n) is 8.78. The van der Waals surface area contributed by atoms with Crippen molar-refractivity contribution in [2.24, 2.45) is 7.05 Å². The summed E-state index contributed by atoms with van der Waals surface area (Å²) in [6, 6.07) is 11.8. The van der Waals surface area contributed by atoms with Gasteiger partial charge >= 0.3 is 5.97 Å². The maximum absolute atomic E-state index is 12.8. The molecule has 1 amide bonds. The zero-order chi connectivity index (χ0) is 20.8. The molecule has 0 saturated carbocycles. The average Bonchev–Trinajstić information content (AvgIpc) is 3.10. The van der Waals surface area contributed by atoms with Gasteiger partial charge in [0.15, 0.2) is 6.61 Å². The topological polar surface area (TPSA) is 111 Å². The summed E-state index contributed by atoms with van der Waals surface area (Å²) in [5, 5.41) is 8.03. The number of benzene rings is 2. The molecule has 0 aliphatic carbocycles. The van der Waals surface area contributed by atoms with Crippen LogP contribution in [0.1, 0.15) is 5.69 Å². The first-order valence-corrected chi connectivity index (χ1v) is 10.2. The van der Waals surface area contributed by atoms with E-state index in [0.29, 0.717) is 16.9 Å². The molecule has 1 N–H and O–H groups in total. The maximum atomic E-state index is 12.8. The van der Waals surface area contributed by atoms with E-state index in [9.17, 15) is 18.0 Å². The summed E-state index contributed by atoms with van der Waals surface area (Å²) in [6.07, 6.45) is 0. The van der Waals surface area contributed by atoms with Crippen LogP contribution in [-0.2, 0) is 31.4 Å². The number of esters is 1. The van der Waals surface area contributed by atoms with E-state index in [-0.39, 0.29) is 4.90 Å². The minimum Gasteiger partial charge on any atom is -0.454 e. The van der Waals surface area contributed by atoms with Crippen molar-refractivity contribution in [3.8, 4) is 0 Å². The lowest BCUT2D eigenvalue weighted by Gasteiger charge is -2.17. The maximum Gasteiger partial charge on any atom is 0.327 e. The molecule has 0 fully saturated rings. The van der Waals surface area contributed by atoms with Crippen LogP contribution in [0.5, 0.6) is 0 Å². The molecule has 0 spiro atoms. The molecule has 2 heterocycles. The zero-order valence-electron chi connectivity index (χ0n) is 15.7. The van der Waals surface area contributed by atoms with Gasteiger partial charge in [-0.15, -0.1) is 0 Å². The fourth-order valence-corrected chi connectivity index (χ4v) is 5.00. The van der Waals surface area contributed by atoms with Crippen LogP contribution in [0.25, 0.3) is 10.8 Å². The molecule has 0 unspecified atom stereocenters. The number of rotatable bonds is 5. The van der Waals surface area contributed by atoms with Gasteiger partial charge in [0.1, 0.15) is 12.4 Å². The second-order valence-corrected chi connectivity index (χ2v) is 8.48. The number of ether oxygens (including phenoxy) is 1. The van der Waals surface area contributed by atoms with Gasteiger partial charge in [0, 0.05) is 18.5 Å². The van der Waals surface area contributed by atoms with Gasteiger partial charge in [-0.2, -0.15) is 5.10 Å². The zero-order valence-corrected chi connectivity index (χ0v) is 16.6. The molecule has 0 bridgehead atoms. The molecule has 9 nitrogen and oxygen atoms in total. The van der Waals surface area contributed by atoms with Crippen molar-refractivity contribution >= 4 is 44.2 Å². The Morgan fingerprint density at radius 3 is 2.59 bits per heavy atom. The van der Waals surface area contributed by atoms with Crippen molar-refractivity contribution in [3.63, 3.8) is 0 Å². The van der Waals surface area contributed by atoms with Gasteiger partial charge in [-0.1, -0.05) is 24.3 Å². The largest absolute Gasteiger partial charge is 0.454 e. The third kappa shape index (κ3) is 3.31. The van der Waals surface area contributed by atoms with E-state index in [1.807, 2.05) is 12.1 Å². The fraction of sp³-hybridized carbons (Fsp3) is 0.211. The number of nitrogens with zero attached hydrogens (tertiary/aromatic N) is 3. The minimum atomic E-state index is -3.86. The van der Waals surface area contributed by atoms with Crippen LogP contribution in [0, 0.1) is 6.92 Å². The van der Waals surface area contributed by atoms with Crippen molar-refractivity contribution in [2.45, 2.75) is 11.8 Å². The number of carbonyl (C=O) groups excluding carboxylic acids is 2. The number of aryl methyl sites for hydroxylation is 2. The molecule has 0 saturated heterocycles. The molecule has 2 aromatic carbocycles. The SMILES string of the molecule is Cc1cc(NC(=O)COC(=O)CN2c3cccc4cccc(c34)S2(=O)=O)n(C)n1. The molecular formula is C19H18N4O5S. The van der Waals surface area contributed by atoms with E-state index in [0.717, 1.165) is 15.4 Å². The number of hydrogen-bond acceptors (Lipinski definition) is 6. The molecule has 1 aromatic heterocycles. The molecule has 10 heteroatoms. The number of carbonyl (C=O) groups is 2. The smallest absolute Gasteiger partial charge is 0.327 e. The highest BCUT2D eigenvalue weighted by Gasteiger charge is 2.37. The van der Waals surface area contributed by atoms with Crippen LogP contribution < -0.4 is 9.62 Å². The lowest BCUT2D eigenvalue weighted by Crippen LogP contribution is -2.34. The van der Waals surface area contributed by atoms with Crippen LogP contribution >= 0.6 is 0 Å². The molecule has 1 aliphatic heterocycles.